The minimum Gasteiger partial charge on any atom is -0.324 e. The monoisotopic (exact) mass is 335 g/mol. The third kappa shape index (κ3) is 2.69. The van der Waals surface area contributed by atoms with Crippen LogP contribution in [0.5, 0.6) is 0 Å². The van der Waals surface area contributed by atoms with E-state index < -0.39 is 0 Å². The van der Waals surface area contributed by atoms with Gasteiger partial charge < -0.3 is 5.32 Å². The van der Waals surface area contributed by atoms with Gasteiger partial charge in [0.1, 0.15) is 6.54 Å². The number of amides is 3. The lowest BCUT2D eigenvalue weighted by Gasteiger charge is -2.15. The molecule has 126 valence electrons. The molecule has 25 heavy (non-hydrogen) atoms. The van der Waals surface area contributed by atoms with Crippen LogP contribution >= 0.6 is 0 Å². The zero-order valence-corrected chi connectivity index (χ0v) is 13.5. The van der Waals surface area contributed by atoms with Gasteiger partial charge >= 0.3 is 0 Å². The van der Waals surface area contributed by atoms with Crippen LogP contribution in [0.15, 0.2) is 48.7 Å². The fraction of sp³-hybridized carbons (Fsp3) is 0.263. The van der Waals surface area contributed by atoms with Crippen molar-refractivity contribution in [2.45, 2.75) is 12.8 Å². The van der Waals surface area contributed by atoms with Crippen molar-refractivity contribution in [2.75, 3.05) is 11.9 Å². The Hall–Kier alpha value is -3.02. The number of imide groups is 1. The van der Waals surface area contributed by atoms with Crippen molar-refractivity contribution in [3.05, 3.63) is 48.7 Å². The first-order chi connectivity index (χ1) is 12.1. The van der Waals surface area contributed by atoms with Crippen molar-refractivity contribution in [1.29, 1.82) is 0 Å². The lowest BCUT2D eigenvalue weighted by molar-refractivity contribution is -0.142. The number of allylic oxidation sites excluding steroid dienone is 2. The van der Waals surface area contributed by atoms with E-state index in [1.54, 1.807) is 24.4 Å². The number of aromatic nitrogens is 1. The van der Waals surface area contributed by atoms with Crippen molar-refractivity contribution in [3.63, 3.8) is 0 Å². The predicted octanol–water partition coefficient (Wildman–Crippen LogP) is 2.12. The molecule has 0 saturated carbocycles. The van der Waals surface area contributed by atoms with Gasteiger partial charge in [-0.2, -0.15) is 0 Å². The van der Waals surface area contributed by atoms with Gasteiger partial charge in [0.05, 0.1) is 23.0 Å². The topological polar surface area (TPSA) is 79.4 Å². The largest absolute Gasteiger partial charge is 0.324 e. The molecule has 1 aromatic carbocycles. The number of benzene rings is 1. The van der Waals surface area contributed by atoms with E-state index in [-0.39, 0.29) is 36.1 Å². The molecule has 1 saturated heterocycles. The van der Waals surface area contributed by atoms with Crippen LogP contribution in [0.2, 0.25) is 0 Å². The second-order valence-corrected chi connectivity index (χ2v) is 6.34. The van der Waals surface area contributed by atoms with E-state index in [0.717, 1.165) is 15.8 Å². The number of carbonyl (C=O) groups is 3. The summed E-state index contributed by atoms with van der Waals surface area (Å²) in [6.45, 7) is -0.249. The summed E-state index contributed by atoms with van der Waals surface area (Å²) in [5.74, 6) is -1.49. The number of fused-ring (bicyclic) bond motifs is 2. The molecule has 1 aliphatic heterocycles. The summed E-state index contributed by atoms with van der Waals surface area (Å²) in [6.07, 6.45) is 6.69. The van der Waals surface area contributed by atoms with Gasteiger partial charge in [0.2, 0.25) is 17.7 Å². The van der Waals surface area contributed by atoms with E-state index in [9.17, 15) is 14.4 Å². The van der Waals surface area contributed by atoms with Crippen LogP contribution < -0.4 is 5.32 Å². The van der Waals surface area contributed by atoms with E-state index in [0.29, 0.717) is 18.5 Å². The molecule has 6 nitrogen and oxygen atoms in total. The van der Waals surface area contributed by atoms with Gasteiger partial charge in [0.25, 0.3) is 0 Å². The summed E-state index contributed by atoms with van der Waals surface area (Å²) in [7, 11) is 0. The highest BCUT2D eigenvalue weighted by Crippen LogP contribution is 2.34. The predicted molar refractivity (Wildman–Crippen MR) is 92.4 cm³/mol. The van der Waals surface area contributed by atoms with Crippen LogP contribution in [0.4, 0.5) is 5.69 Å². The Morgan fingerprint density at radius 3 is 2.52 bits per heavy atom. The van der Waals surface area contributed by atoms with Gasteiger partial charge in [0.15, 0.2) is 0 Å². The standard InChI is InChI=1S/C19H17N3O3/c23-17(21-16-9-3-8-15-14(16)7-4-10-20-15)11-22-18(24)12-5-1-2-6-13(12)19(22)25/h1-4,7-10,12-13H,5-6,11H2,(H,21,23). The van der Waals surface area contributed by atoms with Crippen molar-refractivity contribution >= 4 is 34.3 Å². The third-order valence-electron chi connectivity index (χ3n) is 4.82. The fourth-order valence-electron chi connectivity index (χ4n) is 3.57. The number of rotatable bonds is 3. The molecule has 3 amide bonds. The smallest absolute Gasteiger partial charge is 0.244 e. The van der Waals surface area contributed by atoms with Crippen LogP contribution in [0.25, 0.3) is 10.9 Å². The maximum Gasteiger partial charge on any atom is 0.244 e. The first kappa shape index (κ1) is 15.5. The Labute approximate surface area is 144 Å². The average Bonchev–Trinajstić information content (AvgIpc) is 2.87. The number of likely N-dealkylation sites (tertiary alicyclic amines) is 1. The van der Waals surface area contributed by atoms with Gasteiger partial charge in [-0.1, -0.05) is 18.2 Å². The zero-order valence-electron chi connectivity index (χ0n) is 13.5. The van der Waals surface area contributed by atoms with Crippen LogP contribution in [0, 0.1) is 11.8 Å². The van der Waals surface area contributed by atoms with Gasteiger partial charge in [0, 0.05) is 11.6 Å². The molecule has 0 bridgehead atoms. The summed E-state index contributed by atoms with van der Waals surface area (Å²) in [4.78, 5) is 42.6. The molecule has 1 fully saturated rings. The molecular weight excluding hydrogens is 318 g/mol. The fourth-order valence-corrected chi connectivity index (χ4v) is 3.57. The summed E-state index contributed by atoms with van der Waals surface area (Å²) in [5, 5.41) is 3.61. The Balaban J connectivity index is 1.51. The first-order valence-electron chi connectivity index (χ1n) is 8.29. The maximum absolute atomic E-state index is 12.4. The highest BCUT2D eigenvalue weighted by Gasteiger charge is 2.47. The van der Waals surface area contributed by atoms with Crippen LogP contribution in [0.1, 0.15) is 12.8 Å². The van der Waals surface area contributed by atoms with Crippen LogP contribution in [-0.2, 0) is 14.4 Å². The summed E-state index contributed by atoms with van der Waals surface area (Å²) >= 11 is 0. The summed E-state index contributed by atoms with van der Waals surface area (Å²) in [6, 6.07) is 9.10. The van der Waals surface area contributed by atoms with Crippen LogP contribution in [0.3, 0.4) is 0 Å². The molecule has 1 N–H and O–H groups in total. The maximum atomic E-state index is 12.4. The number of carbonyl (C=O) groups excluding carboxylic acids is 3. The first-order valence-corrected chi connectivity index (χ1v) is 8.29. The average molecular weight is 335 g/mol. The highest BCUT2D eigenvalue weighted by molar-refractivity contribution is 6.10. The molecule has 2 aromatic rings. The molecule has 2 unspecified atom stereocenters. The Morgan fingerprint density at radius 2 is 1.80 bits per heavy atom. The van der Waals surface area contributed by atoms with Crippen molar-refractivity contribution < 1.29 is 14.4 Å². The number of hydrogen-bond acceptors (Lipinski definition) is 4. The van der Waals surface area contributed by atoms with Crippen molar-refractivity contribution in [1.82, 2.24) is 9.88 Å². The van der Waals surface area contributed by atoms with E-state index in [1.165, 1.54) is 0 Å². The number of nitrogens with zero attached hydrogens (tertiary/aromatic N) is 2. The van der Waals surface area contributed by atoms with Gasteiger partial charge in [-0.25, -0.2) is 0 Å². The molecule has 1 aromatic heterocycles. The molecule has 1 aliphatic carbocycles. The minimum atomic E-state index is -0.385. The van der Waals surface area contributed by atoms with E-state index in [2.05, 4.69) is 10.3 Å². The van der Waals surface area contributed by atoms with Gasteiger partial charge in [-0.05, 0) is 37.1 Å². The summed E-state index contributed by atoms with van der Waals surface area (Å²) in [5.41, 5.74) is 1.39. The highest BCUT2D eigenvalue weighted by atomic mass is 16.2. The zero-order chi connectivity index (χ0) is 17.4. The second-order valence-electron chi connectivity index (χ2n) is 6.34. The van der Waals surface area contributed by atoms with Crippen molar-refractivity contribution in [3.8, 4) is 0 Å². The Kier molecular flexibility index (Phi) is 3.80. The van der Waals surface area contributed by atoms with E-state index in [4.69, 9.17) is 0 Å². The number of hydrogen-bond donors (Lipinski definition) is 1. The lowest BCUT2D eigenvalue weighted by atomic mass is 9.85. The molecule has 4 rings (SSSR count). The molecule has 0 radical (unpaired) electrons. The van der Waals surface area contributed by atoms with Gasteiger partial charge in [-0.3, -0.25) is 24.3 Å². The molecular formula is C19H17N3O3. The Bertz CT molecular complexity index is 874. The number of pyridine rings is 1. The number of anilines is 1. The Morgan fingerprint density at radius 1 is 1.08 bits per heavy atom. The molecule has 2 atom stereocenters. The molecule has 2 aliphatic rings. The molecule has 6 heteroatoms. The normalized spacial score (nSPS) is 22.3. The SMILES string of the molecule is O=C(CN1C(=O)C2CC=CCC2C1=O)Nc1cccc2ncccc12. The minimum absolute atomic E-state index is 0.242. The quantitative estimate of drug-likeness (QED) is 0.688. The van der Waals surface area contributed by atoms with Gasteiger partial charge in [-0.15, -0.1) is 0 Å². The third-order valence-corrected chi connectivity index (χ3v) is 4.82. The van der Waals surface area contributed by atoms with Crippen molar-refractivity contribution in [2.24, 2.45) is 11.8 Å². The number of nitrogens with one attached hydrogen (secondary N) is 1. The molecule has 0 spiro atoms. The van der Waals surface area contributed by atoms with Crippen LogP contribution in [-0.4, -0.2) is 34.2 Å². The molecule has 2 heterocycles. The van der Waals surface area contributed by atoms with E-state index >= 15 is 0 Å². The summed E-state index contributed by atoms with van der Waals surface area (Å²) < 4.78 is 0. The second kappa shape index (κ2) is 6.12. The van der Waals surface area contributed by atoms with E-state index in [1.807, 2.05) is 24.3 Å². The lowest BCUT2D eigenvalue weighted by Crippen LogP contribution is -2.38.